The van der Waals surface area contributed by atoms with Gasteiger partial charge in [-0.2, -0.15) is 4.31 Å². The molecule has 0 fully saturated rings. The van der Waals surface area contributed by atoms with Crippen LogP contribution in [0.5, 0.6) is 0 Å². The fourth-order valence-electron chi connectivity index (χ4n) is 3.58. The molecule has 0 saturated heterocycles. The number of hydrogen-bond acceptors (Lipinski definition) is 2. The van der Waals surface area contributed by atoms with E-state index < -0.39 is 10.0 Å². The zero-order valence-electron chi connectivity index (χ0n) is 15.8. The van der Waals surface area contributed by atoms with Crippen molar-refractivity contribution in [2.45, 2.75) is 30.8 Å². The lowest BCUT2D eigenvalue weighted by Crippen LogP contribution is -2.43. The van der Waals surface area contributed by atoms with Gasteiger partial charge >= 0.3 is 0 Å². The molecule has 0 aliphatic carbocycles. The highest BCUT2D eigenvalue weighted by Crippen LogP contribution is 2.30. The van der Waals surface area contributed by atoms with Crippen molar-refractivity contribution in [3.63, 3.8) is 0 Å². The summed E-state index contributed by atoms with van der Waals surface area (Å²) in [6.45, 7) is 2.34. The summed E-state index contributed by atoms with van der Waals surface area (Å²) in [6.07, 6.45) is 4.69. The van der Waals surface area contributed by atoms with Gasteiger partial charge in [-0.3, -0.25) is 0 Å². The normalized spacial score (nSPS) is 17.5. The number of sulfonamides is 1. The Bertz CT molecular complexity index is 1090. The summed E-state index contributed by atoms with van der Waals surface area (Å²) in [4.78, 5) is 0.343. The van der Waals surface area contributed by atoms with Crippen molar-refractivity contribution >= 4 is 16.1 Å². The molecule has 1 unspecified atom stereocenters. The second-order valence-corrected chi connectivity index (χ2v) is 9.06. The van der Waals surface area contributed by atoms with Crippen LogP contribution in [0.2, 0.25) is 0 Å². The predicted molar refractivity (Wildman–Crippen MR) is 113 cm³/mol. The van der Waals surface area contributed by atoms with E-state index in [9.17, 15) is 8.42 Å². The molecule has 1 atom stereocenters. The Morgan fingerprint density at radius 3 is 2.21 bits per heavy atom. The fourth-order valence-corrected chi connectivity index (χ4v) is 5.14. The van der Waals surface area contributed by atoms with Gasteiger partial charge in [-0.1, -0.05) is 84.4 Å². The molecular weight excluding hydrogens is 366 g/mol. The van der Waals surface area contributed by atoms with Crippen LogP contribution in [0.25, 0.3) is 6.08 Å². The Hall–Kier alpha value is -2.69. The molecule has 3 aromatic carbocycles. The first-order valence-corrected chi connectivity index (χ1v) is 10.9. The van der Waals surface area contributed by atoms with E-state index in [2.05, 4.69) is 6.07 Å². The third-order valence-electron chi connectivity index (χ3n) is 5.18. The van der Waals surface area contributed by atoms with E-state index in [1.807, 2.05) is 79.7 Å². The Labute approximate surface area is 167 Å². The number of hydrogen-bond donors (Lipinski definition) is 0. The number of nitrogens with zero attached hydrogens (tertiary/aromatic N) is 1. The second-order valence-electron chi connectivity index (χ2n) is 7.17. The molecule has 0 saturated carbocycles. The lowest BCUT2D eigenvalue weighted by molar-refractivity contribution is 0.335. The molecule has 3 nitrogen and oxygen atoms in total. The first-order chi connectivity index (χ1) is 13.5. The highest BCUT2D eigenvalue weighted by molar-refractivity contribution is 7.89. The maximum absolute atomic E-state index is 13.4. The zero-order valence-corrected chi connectivity index (χ0v) is 16.6. The van der Waals surface area contributed by atoms with Gasteiger partial charge in [0, 0.05) is 12.6 Å². The summed E-state index contributed by atoms with van der Waals surface area (Å²) in [7, 11) is -3.59. The standard InChI is InChI=1S/C24H23NO2S/c1-19-11-15-24(16-12-19)28(26,27)25-18-22-10-6-5-9-21(22)17-23(25)14-13-20-7-3-2-4-8-20/h2-16,23H,17-18H2,1H3/b14-13+. The molecule has 0 amide bonds. The van der Waals surface area contributed by atoms with E-state index in [1.165, 1.54) is 5.56 Å². The lowest BCUT2D eigenvalue weighted by Gasteiger charge is -2.34. The number of benzene rings is 3. The zero-order chi connectivity index (χ0) is 19.6. The van der Waals surface area contributed by atoms with Gasteiger partial charge in [-0.15, -0.1) is 0 Å². The molecule has 1 aliphatic rings. The summed E-state index contributed by atoms with van der Waals surface area (Å²) in [5.74, 6) is 0. The van der Waals surface area contributed by atoms with Crippen molar-refractivity contribution in [1.82, 2.24) is 4.31 Å². The molecule has 1 heterocycles. The van der Waals surface area contributed by atoms with E-state index in [0.29, 0.717) is 17.9 Å². The van der Waals surface area contributed by atoms with Crippen LogP contribution in [0.15, 0.2) is 89.8 Å². The highest BCUT2D eigenvalue weighted by atomic mass is 32.2. The van der Waals surface area contributed by atoms with Gasteiger partial charge in [-0.25, -0.2) is 8.42 Å². The first-order valence-electron chi connectivity index (χ1n) is 9.42. The number of rotatable bonds is 4. The average molecular weight is 390 g/mol. The lowest BCUT2D eigenvalue weighted by atomic mass is 9.95. The van der Waals surface area contributed by atoms with Crippen molar-refractivity contribution in [2.24, 2.45) is 0 Å². The van der Waals surface area contributed by atoms with Gasteiger partial charge in [-0.05, 0) is 42.2 Å². The molecule has 4 heteroatoms. The summed E-state index contributed by atoms with van der Waals surface area (Å²) in [5.41, 5.74) is 4.39. The van der Waals surface area contributed by atoms with Gasteiger partial charge < -0.3 is 0 Å². The SMILES string of the molecule is Cc1ccc(S(=O)(=O)N2Cc3ccccc3CC2/C=C/c2ccccc2)cc1. The van der Waals surface area contributed by atoms with Crippen molar-refractivity contribution in [1.29, 1.82) is 0 Å². The van der Waals surface area contributed by atoms with Crippen LogP contribution in [-0.2, 0) is 23.0 Å². The molecule has 0 N–H and O–H groups in total. The van der Waals surface area contributed by atoms with Crippen LogP contribution in [0, 0.1) is 6.92 Å². The maximum atomic E-state index is 13.4. The van der Waals surface area contributed by atoms with Crippen molar-refractivity contribution in [3.05, 3.63) is 107 Å². The summed E-state index contributed by atoms with van der Waals surface area (Å²) >= 11 is 0. The smallest absolute Gasteiger partial charge is 0.207 e. The van der Waals surface area contributed by atoms with Crippen LogP contribution >= 0.6 is 0 Å². The minimum absolute atomic E-state index is 0.221. The van der Waals surface area contributed by atoms with Crippen LogP contribution < -0.4 is 0 Å². The van der Waals surface area contributed by atoms with E-state index in [0.717, 1.165) is 16.7 Å². The third-order valence-corrected chi connectivity index (χ3v) is 7.07. The van der Waals surface area contributed by atoms with E-state index in [-0.39, 0.29) is 6.04 Å². The molecule has 0 spiro atoms. The van der Waals surface area contributed by atoms with Gasteiger partial charge in [0.1, 0.15) is 0 Å². The average Bonchev–Trinajstić information content (AvgIpc) is 2.72. The molecule has 3 aromatic rings. The van der Waals surface area contributed by atoms with Gasteiger partial charge in [0.05, 0.1) is 4.90 Å². The quantitative estimate of drug-likeness (QED) is 0.641. The van der Waals surface area contributed by atoms with Gasteiger partial charge in [0.2, 0.25) is 10.0 Å². The molecule has 0 aromatic heterocycles. The van der Waals surface area contributed by atoms with Gasteiger partial charge in [0.15, 0.2) is 0 Å². The number of aryl methyl sites for hydroxylation is 1. The fraction of sp³-hybridized carbons (Fsp3) is 0.167. The minimum Gasteiger partial charge on any atom is -0.207 e. The Balaban J connectivity index is 1.73. The largest absolute Gasteiger partial charge is 0.243 e. The summed E-state index contributed by atoms with van der Waals surface area (Å²) in [5, 5.41) is 0. The highest BCUT2D eigenvalue weighted by Gasteiger charge is 2.34. The molecule has 28 heavy (non-hydrogen) atoms. The Morgan fingerprint density at radius 2 is 1.50 bits per heavy atom. The van der Waals surface area contributed by atoms with E-state index in [1.54, 1.807) is 16.4 Å². The molecule has 142 valence electrons. The van der Waals surface area contributed by atoms with E-state index >= 15 is 0 Å². The predicted octanol–water partition coefficient (Wildman–Crippen LogP) is 4.82. The van der Waals surface area contributed by atoms with Crippen molar-refractivity contribution in [2.75, 3.05) is 0 Å². The molecule has 0 radical (unpaired) electrons. The van der Waals surface area contributed by atoms with Crippen LogP contribution in [0.4, 0.5) is 0 Å². The Kier molecular flexibility index (Phi) is 5.16. The monoisotopic (exact) mass is 389 g/mol. The number of fused-ring (bicyclic) bond motifs is 1. The molecule has 1 aliphatic heterocycles. The van der Waals surface area contributed by atoms with Gasteiger partial charge in [0.25, 0.3) is 0 Å². The van der Waals surface area contributed by atoms with Crippen LogP contribution in [-0.4, -0.2) is 18.8 Å². The van der Waals surface area contributed by atoms with Crippen LogP contribution in [0.1, 0.15) is 22.3 Å². The second kappa shape index (κ2) is 7.74. The molecule has 4 rings (SSSR count). The summed E-state index contributed by atoms with van der Waals surface area (Å²) in [6, 6.07) is 24.9. The van der Waals surface area contributed by atoms with Crippen molar-refractivity contribution in [3.8, 4) is 0 Å². The first kappa shape index (κ1) is 18.7. The molecular formula is C24H23NO2S. The topological polar surface area (TPSA) is 37.4 Å². The minimum atomic E-state index is -3.59. The van der Waals surface area contributed by atoms with E-state index in [4.69, 9.17) is 0 Å². The summed E-state index contributed by atoms with van der Waals surface area (Å²) < 4.78 is 28.5. The maximum Gasteiger partial charge on any atom is 0.243 e. The molecule has 0 bridgehead atoms. The van der Waals surface area contributed by atoms with Crippen LogP contribution in [0.3, 0.4) is 0 Å². The van der Waals surface area contributed by atoms with Crippen molar-refractivity contribution < 1.29 is 8.42 Å². The third kappa shape index (κ3) is 3.79. The Morgan fingerprint density at radius 1 is 0.857 bits per heavy atom.